The van der Waals surface area contributed by atoms with Gasteiger partial charge in [0.05, 0.1) is 16.5 Å². The number of ether oxygens (including phenoxy) is 1. The highest BCUT2D eigenvalue weighted by atomic mass is 32.2. The lowest BCUT2D eigenvalue weighted by atomic mass is 9.99. The summed E-state index contributed by atoms with van der Waals surface area (Å²) in [7, 11) is -3.62. The lowest BCUT2D eigenvalue weighted by Crippen LogP contribution is -2.33. The first-order chi connectivity index (χ1) is 16.8. The average molecular weight is 495 g/mol. The predicted molar refractivity (Wildman–Crippen MR) is 134 cm³/mol. The van der Waals surface area contributed by atoms with Crippen molar-refractivity contribution in [3.05, 3.63) is 102 Å². The SMILES string of the molecule is CCN(CC)S(=O)(=O)c1ccc(C(=O)OCC(=O)NC(Cc2ccccc2)c2ccccc2)cc1. The second-order valence-electron chi connectivity index (χ2n) is 7.91. The Morgan fingerprint density at radius 2 is 1.43 bits per heavy atom. The Balaban J connectivity index is 1.62. The Labute approximate surface area is 206 Å². The van der Waals surface area contributed by atoms with Crippen LogP contribution < -0.4 is 5.32 Å². The average Bonchev–Trinajstić information content (AvgIpc) is 2.88. The van der Waals surface area contributed by atoms with Crippen molar-refractivity contribution in [3.63, 3.8) is 0 Å². The molecule has 1 amide bonds. The van der Waals surface area contributed by atoms with E-state index in [4.69, 9.17) is 4.74 Å². The van der Waals surface area contributed by atoms with Gasteiger partial charge in [0, 0.05) is 13.1 Å². The molecule has 0 aliphatic carbocycles. The van der Waals surface area contributed by atoms with Crippen molar-refractivity contribution in [2.75, 3.05) is 19.7 Å². The summed E-state index contributed by atoms with van der Waals surface area (Å²) in [6, 6.07) is 24.6. The van der Waals surface area contributed by atoms with E-state index >= 15 is 0 Å². The molecule has 3 aromatic rings. The van der Waals surface area contributed by atoms with E-state index in [2.05, 4.69) is 5.32 Å². The van der Waals surface area contributed by atoms with Gasteiger partial charge < -0.3 is 10.1 Å². The fourth-order valence-corrected chi connectivity index (χ4v) is 5.17. The van der Waals surface area contributed by atoms with Crippen molar-refractivity contribution in [1.82, 2.24) is 9.62 Å². The summed E-state index contributed by atoms with van der Waals surface area (Å²) in [5, 5.41) is 2.94. The molecule has 184 valence electrons. The number of carbonyl (C=O) groups excluding carboxylic acids is 2. The predicted octanol–water partition coefficient (Wildman–Crippen LogP) is 3.97. The fourth-order valence-electron chi connectivity index (χ4n) is 3.71. The number of sulfonamides is 1. The van der Waals surface area contributed by atoms with E-state index in [1.165, 1.54) is 28.6 Å². The molecule has 7 nitrogen and oxygen atoms in total. The van der Waals surface area contributed by atoms with Gasteiger partial charge in [0.25, 0.3) is 5.91 Å². The van der Waals surface area contributed by atoms with Gasteiger partial charge in [0.15, 0.2) is 6.61 Å². The summed E-state index contributed by atoms with van der Waals surface area (Å²) in [5.41, 5.74) is 2.18. The normalized spacial score (nSPS) is 12.2. The zero-order valence-electron chi connectivity index (χ0n) is 19.9. The molecule has 0 bridgehead atoms. The smallest absolute Gasteiger partial charge is 0.338 e. The molecule has 0 aliphatic heterocycles. The first-order valence-electron chi connectivity index (χ1n) is 11.5. The maximum Gasteiger partial charge on any atom is 0.338 e. The zero-order valence-corrected chi connectivity index (χ0v) is 20.7. The van der Waals surface area contributed by atoms with Crippen LogP contribution in [0.1, 0.15) is 41.4 Å². The number of hydrogen-bond donors (Lipinski definition) is 1. The van der Waals surface area contributed by atoms with E-state index in [0.717, 1.165) is 11.1 Å². The number of esters is 1. The third kappa shape index (κ3) is 7.00. The minimum absolute atomic E-state index is 0.0992. The van der Waals surface area contributed by atoms with Gasteiger partial charge in [-0.25, -0.2) is 13.2 Å². The summed E-state index contributed by atoms with van der Waals surface area (Å²) >= 11 is 0. The number of rotatable bonds is 11. The molecule has 3 rings (SSSR count). The van der Waals surface area contributed by atoms with E-state index < -0.39 is 28.5 Å². The van der Waals surface area contributed by atoms with Gasteiger partial charge in [-0.2, -0.15) is 4.31 Å². The number of benzene rings is 3. The van der Waals surface area contributed by atoms with E-state index in [-0.39, 0.29) is 16.5 Å². The molecule has 0 aromatic heterocycles. The van der Waals surface area contributed by atoms with Gasteiger partial charge in [-0.05, 0) is 41.8 Å². The molecule has 8 heteroatoms. The highest BCUT2D eigenvalue weighted by Crippen LogP contribution is 2.19. The molecule has 0 radical (unpaired) electrons. The van der Waals surface area contributed by atoms with E-state index in [1.54, 1.807) is 13.8 Å². The molecule has 0 fully saturated rings. The van der Waals surface area contributed by atoms with Crippen LogP contribution in [0.3, 0.4) is 0 Å². The van der Waals surface area contributed by atoms with Gasteiger partial charge in [0.2, 0.25) is 10.0 Å². The molecule has 1 atom stereocenters. The molecule has 1 unspecified atom stereocenters. The molecule has 0 aliphatic rings. The van der Waals surface area contributed by atoms with E-state index in [9.17, 15) is 18.0 Å². The molecular weight excluding hydrogens is 464 g/mol. The summed E-state index contributed by atoms with van der Waals surface area (Å²) in [4.78, 5) is 25.1. The summed E-state index contributed by atoms with van der Waals surface area (Å²) in [6.45, 7) is 3.79. The summed E-state index contributed by atoms with van der Waals surface area (Å²) in [6.07, 6.45) is 0.590. The second-order valence-corrected chi connectivity index (χ2v) is 9.85. The number of nitrogens with one attached hydrogen (secondary N) is 1. The van der Waals surface area contributed by atoms with Crippen LogP contribution in [0, 0.1) is 0 Å². The molecule has 0 saturated heterocycles. The standard InChI is InChI=1S/C27H30N2O5S/c1-3-29(4-2)35(32,33)24-17-15-23(16-18-24)27(31)34-20-26(30)28-25(22-13-9-6-10-14-22)19-21-11-7-5-8-12-21/h5-18,25H,3-4,19-20H2,1-2H3,(H,28,30). The monoisotopic (exact) mass is 494 g/mol. The quantitative estimate of drug-likeness (QED) is 0.407. The Morgan fingerprint density at radius 1 is 0.857 bits per heavy atom. The second kappa shape index (κ2) is 12.3. The maximum atomic E-state index is 12.6. The number of nitrogens with zero attached hydrogens (tertiary/aromatic N) is 1. The van der Waals surface area contributed by atoms with Gasteiger partial charge >= 0.3 is 5.97 Å². The lowest BCUT2D eigenvalue weighted by Gasteiger charge is -2.19. The van der Waals surface area contributed by atoms with Crippen molar-refractivity contribution in [3.8, 4) is 0 Å². The molecule has 0 heterocycles. The van der Waals surface area contributed by atoms with Crippen LogP contribution in [0.4, 0.5) is 0 Å². The van der Waals surface area contributed by atoms with Gasteiger partial charge in [0.1, 0.15) is 0 Å². The molecule has 3 aromatic carbocycles. The molecular formula is C27H30N2O5S. The zero-order chi connectivity index (χ0) is 25.3. The van der Waals surface area contributed by atoms with Crippen molar-refractivity contribution in [2.24, 2.45) is 0 Å². The Morgan fingerprint density at radius 3 is 2.00 bits per heavy atom. The van der Waals surface area contributed by atoms with E-state index in [1.807, 2.05) is 60.7 Å². The summed E-state index contributed by atoms with van der Waals surface area (Å²) < 4.78 is 31.7. The largest absolute Gasteiger partial charge is 0.452 e. The third-order valence-corrected chi connectivity index (χ3v) is 7.65. The van der Waals surface area contributed by atoms with Gasteiger partial charge in [-0.15, -0.1) is 0 Å². The summed E-state index contributed by atoms with van der Waals surface area (Å²) in [5.74, 6) is -1.13. The van der Waals surface area contributed by atoms with Crippen molar-refractivity contribution < 1.29 is 22.7 Å². The maximum absolute atomic E-state index is 12.6. The van der Waals surface area contributed by atoms with Gasteiger partial charge in [-0.3, -0.25) is 4.79 Å². The van der Waals surface area contributed by atoms with Crippen LogP contribution in [0.2, 0.25) is 0 Å². The highest BCUT2D eigenvalue weighted by Gasteiger charge is 2.22. The van der Waals surface area contributed by atoms with Crippen LogP contribution in [0.5, 0.6) is 0 Å². The van der Waals surface area contributed by atoms with E-state index in [0.29, 0.717) is 19.5 Å². The number of amides is 1. The minimum atomic E-state index is -3.62. The minimum Gasteiger partial charge on any atom is -0.452 e. The third-order valence-electron chi connectivity index (χ3n) is 5.59. The van der Waals surface area contributed by atoms with Crippen LogP contribution in [-0.4, -0.2) is 44.3 Å². The topological polar surface area (TPSA) is 92.8 Å². The van der Waals surface area contributed by atoms with Crippen LogP contribution in [0.15, 0.2) is 89.8 Å². The molecule has 1 N–H and O–H groups in total. The number of carbonyl (C=O) groups is 2. The Bertz CT molecular complexity index is 1210. The highest BCUT2D eigenvalue weighted by molar-refractivity contribution is 7.89. The van der Waals surface area contributed by atoms with Crippen LogP contribution in [-0.2, 0) is 26.0 Å². The van der Waals surface area contributed by atoms with Crippen molar-refractivity contribution in [2.45, 2.75) is 31.2 Å². The molecule has 35 heavy (non-hydrogen) atoms. The molecule has 0 spiro atoms. The lowest BCUT2D eigenvalue weighted by molar-refractivity contribution is -0.125. The first-order valence-corrected chi connectivity index (χ1v) is 12.9. The van der Waals surface area contributed by atoms with Crippen molar-refractivity contribution >= 4 is 21.9 Å². The fraction of sp³-hybridized carbons (Fsp3) is 0.259. The van der Waals surface area contributed by atoms with Crippen LogP contribution >= 0.6 is 0 Å². The number of hydrogen-bond acceptors (Lipinski definition) is 5. The molecule has 0 saturated carbocycles. The Kier molecular flexibility index (Phi) is 9.17. The van der Waals surface area contributed by atoms with Crippen molar-refractivity contribution in [1.29, 1.82) is 0 Å². The first kappa shape index (κ1) is 26.1. The van der Waals surface area contributed by atoms with Gasteiger partial charge in [-0.1, -0.05) is 74.5 Å². The Hall–Kier alpha value is -3.49. The van der Waals surface area contributed by atoms with Crippen LogP contribution in [0.25, 0.3) is 0 Å².